The van der Waals surface area contributed by atoms with E-state index in [1.54, 1.807) is 0 Å². The van der Waals surface area contributed by atoms with Crippen molar-refractivity contribution in [2.24, 2.45) is 0 Å². The zero-order chi connectivity index (χ0) is 64.9. The fraction of sp³-hybridized carbons (Fsp3) is 0.164. The van der Waals surface area contributed by atoms with Crippen LogP contribution in [0.1, 0.15) is 80.2 Å². The molecule has 0 saturated heterocycles. The number of anilines is 1. The number of aromatic hydroxyl groups is 5. The second-order valence-corrected chi connectivity index (χ2v) is 23.4. The van der Waals surface area contributed by atoms with Crippen molar-refractivity contribution >= 4 is 128 Å². The molecule has 5 aliphatic rings. The fourth-order valence-electron chi connectivity index (χ4n) is 10.4. The number of aliphatic carboxylic acids is 1. The summed E-state index contributed by atoms with van der Waals surface area (Å²) in [6.45, 7) is 0. The van der Waals surface area contributed by atoms with Crippen molar-refractivity contribution in [2.75, 3.05) is 12.4 Å². The molecule has 7 amide bonds. The first-order valence-corrected chi connectivity index (χ1v) is 28.9. The molecule has 7 atom stereocenters. The Morgan fingerprint density at radius 3 is 1.69 bits per heavy atom. The molecule has 0 aromatic heterocycles. The van der Waals surface area contributed by atoms with Gasteiger partial charge in [-0.3, -0.25) is 38.4 Å². The molecular formula is C61H45Cl6N7O16. The van der Waals surface area contributed by atoms with E-state index < -0.39 is 160 Å². The van der Waals surface area contributed by atoms with Crippen LogP contribution in [0.25, 0.3) is 11.1 Å². The van der Waals surface area contributed by atoms with Crippen LogP contribution in [-0.4, -0.2) is 108 Å². The van der Waals surface area contributed by atoms with Gasteiger partial charge in [-0.25, -0.2) is 4.79 Å². The minimum absolute atomic E-state index is 0.0269. The van der Waals surface area contributed by atoms with Gasteiger partial charge in [0.1, 0.15) is 41.7 Å². The first kappa shape index (κ1) is 63.5. The summed E-state index contributed by atoms with van der Waals surface area (Å²) >= 11 is 38.0. The van der Waals surface area contributed by atoms with E-state index in [2.05, 4.69) is 31.9 Å². The van der Waals surface area contributed by atoms with Crippen molar-refractivity contribution < 1.29 is 78.5 Å². The van der Waals surface area contributed by atoms with E-state index in [4.69, 9.17) is 74.3 Å². The highest BCUT2D eigenvalue weighted by molar-refractivity contribution is 6.45. The van der Waals surface area contributed by atoms with Crippen LogP contribution in [0.5, 0.6) is 40.2 Å². The molecule has 462 valence electrons. The van der Waals surface area contributed by atoms with Crippen molar-refractivity contribution in [1.82, 2.24) is 31.5 Å². The average Bonchev–Trinajstić information content (AvgIpc) is 1.43. The lowest BCUT2D eigenvalue weighted by Crippen LogP contribution is -2.54. The average molecular weight is 1340 g/mol. The monoisotopic (exact) mass is 1340 g/mol. The Morgan fingerprint density at radius 1 is 0.600 bits per heavy atom. The number of amides is 7. The zero-order valence-electron chi connectivity index (χ0n) is 45.9. The van der Waals surface area contributed by atoms with Gasteiger partial charge in [0.25, 0.3) is 5.91 Å². The number of fused-ring (bicyclic) bond motifs is 15. The Morgan fingerprint density at radius 2 is 1.12 bits per heavy atom. The highest BCUT2D eigenvalue weighted by Crippen LogP contribution is 2.46. The fourth-order valence-corrected chi connectivity index (χ4v) is 11.9. The van der Waals surface area contributed by atoms with Crippen LogP contribution in [0.2, 0.25) is 30.1 Å². The number of hydrogen-bond donors (Lipinski definition) is 12. The molecule has 0 radical (unpaired) electrons. The molecule has 5 heterocycles. The number of benzene rings is 7. The number of halogens is 6. The Labute approximate surface area is 538 Å². The Hall–Kier alpha value is -9.49. The van der Waals surface area contributed by atoms with Crippen molar-refractivity contribution in [1.29, 1.82) is 0 Å². The molecular weight excluding hydrogens is 1300 g/mol. The second kappa shape index (κ2) is 25.5. The standard InChI is InChI=1S/C61H45Cl6N7O16/c1-74-43(56(83)73-48(61(88)89)24-4-7-30(75)8-5-24)12-23-2-9-31(10-3-23)90-44-21-26-13-33(50(44)77)25-6-11-32-34(54(81)68-41(32)20-25)22-42(69-59(86)49(76)29-18-39(66)53(80)40(67)19-29)55(82)70-46(27-14-35(62)51(78)36(63)15-27)57(84)71-45(26)58(85)72-47(60(74)87)28-16-37(64)52(79)38(65)17-28/h2-11,13-21,34,42-43,45-48,75,77-80H,12,22H2,1H3,(H,68,81)(H,69,86)(H,70,82)(H,71,84)(H,72,85)(H,73,83)(H,88,89)/t34?,42-,43?,45-,46-,47-,48-/m1/s1. The summed E-state index contributed by atoms with van der Waals surface area (Å²) in [7, 11) is 1.17. The topological polar surface area (TPSA) is 360 Å². The minimum Gasteiger partial charge on any atom is -0.508 e. The quantitative estimate of drug-likeness (QED) is 0.0475. The maximum absolute atomic E-state index is 15.8. The van der Waals surface area contributed by atoms with Crippen LogP contribution in [0, 0.1) is 0 Å². The maximum atomic E-state index is 15.8. The second-order valence-electron chi connectivity index (χ2n) is 20.9. The molecule has 23 nitrogen and oxygen atoms in total. The van der Waals surface area contributed by atoms with E-state index in [9.17, 15) is 54.6 Å². The summed E-state index contributed by atoms with van der Waals surface area (Å²) in [6, 6.07) is 12.1. The summed E-state index contributed by atoms with van der Waals surface area (Å²) < 4.78 is 6.34. The van der Waals surface area contributed by atoms with Crippen molar-refractivity contribution in [3.8, 4) is 51.4 Å². The number of hydrogen-bond acceptors (Lipinski definition) is 15. The SMILES string of the molecule is CN1C(=O)[C@@H](c2cc(Cl)c(O)c(Cl)c2)NC(=O)[C@@H]2NC(=O)[C@@H](c3cc(Cl)c(O)c(Cl)c3)NC(=O)[C@H](NC(=O)C(=O)c3cc(Cl)c(O)c(Cl)c3)CC3C(=O)Nc4cc(ccc43)-c3cc2cc(c3O)Oc2ccc(cc2)CC1C(=O)N[C@@H](C(=O)O)c1ccc(O)cc1. The number of ketones is 1. The van der Waals surface area contributed by atoms with Gasteiger partial charge in [0.2, 0.25) is 41.2 Å². The van der Waals surface area contributed by atoms with Crippen LogP contribution >= 0.6 is 69.6 Å². The number of nitrogens with one attached hydrogen (secondary N) is 6. The Kier molecular flexibility index (Phi) is 18.0. The molecule has 7 aromatic rings. The van der Waals surface area contributed by atoms with Crippen LogP contribution in [0.3, 0.4) is 0 Å². The third kappa shape index (κ3) is 12.9. The van der Waals surface area contributed by atoms with Crippen molar-refractivity contribution in [2.45, 2.75) is 55.0 Å². The summed E-state index contributed by atoms with van der Waals surface area (Å²) in [5.41, 5.74) is -0.375. The number of carbonyl (C=O) groups is 9. The summed E-state index contributed by atoms with van der Waals surface area (Å²) in [5, 5.41) is 76.8. The Balaban J connectivity index is 1.15. The lowest BCUT2D eigenvalue weighted by molar-refractivity contribution is -0.145. The molecule has 12 N–H and O–H groups in total. The van der Waals surface area contributed by atoms with Gasteiger partial charge in [0, 0.05) is 30.3 Å². The number of carbonyl (C=O) groups excluding carboxylic acids is 8. The molecule has 90 heavy (non-hydrogen) atoms. The number of nitrogens with zero attached hydrogens (tertiary/aromatic N) is 1. The van der Waals surface area contributed by atoms with Gasteiger partial charge >= 0.3 is 5.97 Å². The summed E-state index contributed by atoms with van der Waals surface area (Å²) in [4.78, 5) is 132. The predicted octanol–water partition coefficient (Wildman–Crippen LogP) is 8.60. The van der Waals surface area contributed by atoms with Gasteiger partial charge in [-0.05, 0) is 124 Å². The maximum Gasteiger partial charge on any atom is 0.330 e. The number of carboxylic acids is 1. The largest absolute Gasteiger partial charge is 0.508 e. The zero-order valence-corrected chi connectivity index (χ0v) is 50.4. The lowest BCUT2D eigenvalue weighted by Gasteiger charge is -2.33. The highest BCUT2D eigenvalue weighted by Gasteiger charge is 2.42. The molecule has 0 spiro atoms. The van der Waals surface area contributed by atoms with Gasteiger partial charge < -0.3 is 72.2 Å². The molecule has 7 aromatic carbocycles. The lowest BCUT2D eigenvalue weighted by atomic mass is 9.90. The third-order valence-corrected chi connectivity index (χ3v) is 16.9. The molecule has 9 bridgehead atoms. The van der Waals surface area contributed by atoms with E-state index in [1.807, 2.05) is 0 Å². The number of ether oxygens (including phenoxy) is 1. The van der Waals surface area contributed by atoms with Crippen LogP contribution < -0.4 is 36.6 Å². The minimum atomic E-state index is -2.12. The van der Waals surface area contributed by atoms with Gasteiger partial charge in [0.15, 0.2) is 34.8 Å². The number of Topliss-reactive ketones (excluding diaryl/α,β-unsaturated/α-hetero) is 1. The van der Waals surface area contributed by atoms with E-state index in [0.717, 1.165) is 41.3 Å². The summed E-state index contributed by atoms with van der Waals surface area (Å²) in [5.74, 6) is -15.3. The molecule has 12 rings (SSSR count). The van der Waals surface area contributed by atoms with Crippen LogP contribution in [-0.2, 0) is 44.8 Å². The normalized spacial score (nSPS) is 19.5. The Bertz CT molecular complexity index is 4140. The smallest absolute Gasteiger partial charge is 0.330 e. The van der Waals surface area contributed by atoms with E-state index in [0.29, 0.717) is 5.56 Å². The highest BCUT2D eigenvalue weighted by atomic mass is 35.5. The molecule has 29 heteroatoms. The molecule has 0 fully saturated rings. The van der Waals surface area contributed by atoms with Crippen LogP contribution in [0.15, 0.2) is 115 Å². The molecule has 0 saturated carbocycles. The molecule has 0 aliphatic carbocycles. The number of carboxylic acid groups (broad SMARTS) is 1. The third-order valence-electron chi connectivity index (χ3n) is 15.2. The van der Waals surface area contributed by atoms with Gasteiger partial charge in [0.05, 0.1) is 36.1 Å². The molecule has 5 aliphatic heterocycles. The van der Waals surface area contributed by atoms with E-state index >= 15 is 19.2 Å². The van der Waals surface area contributed by atoms with E-state index in [1.165, 1.54) is 85.9 Å². The number of phenolic OH excluding ortho intramolecular Hbond substituents is 5. The summed E-state index contributed by atoms with van der Waals surface area (Å²) in [6.07, 6.45) is -0.973. The first-order chi connectivity index (χ1) is 42.6. The van der Waals surface area contributed by atoms with Gasteiger partial charge in [-0.15, -0.1) is 0 Å². The predicted molar refractivity (Wildman–Crippen MR) is 326 cm³/mol. The van der Waals surface area contributed by atoms with Crippen molar-refractivity contribution in [3.05, 3.63) is 184 Å². The molecule has 2 unspecified atom stereocenters. The first-order valence-electron chi connectivity index (χ1n) is 26.6. The number of phenols is 5. The number of likely N-dealkylation sites (N-methyl/N-ethyl adjacent to an activating group) is 1. The van der Waals surface area contributed by atoms with Crippen LogP contribution in [0.4, 0.5) is 5.69 Å². The number of rotatable bonds is 9. The van der Waals surface area contributed by atoms with Crippen molar-refractivity contribution in [3.63, 3.8) is 0 Å². The van der Waals surface area contributed by atoms with Gasteiger partial charge in [-0.2, -0.15) is 0 Å². The van der Waals surface area contributed by atoms with E-state index in [-0.39, 0.29) is 68.3 Å². The van der Waals surface area contributed by atoms with Gasteiger partial charge in [-0.1, -0.05) is 106 Å².